The van der Waals surface area contributed by atoms with Gasteiger partial charge in [0.25, 0.3) is 0 Å². The van der Waals surface area contributed by atoms with Gasteiger partial charge >= 0.3 is 5.97 Å². The van der Waals surface area contributed by atoms with E-state index in [0.29, 0.717) is 19.6 Å². The van der Waals surface area contributed by atoms with Gasteiger partial charge in [-0.1, -0.05) is 0 Å². The number of nitrogens with zero attached hydrogens (tertiary/aromatic N) is 3. The van der Waals surface area contributed by atoms with Gasteiger partial charge in [0.2, 0.25) is 5.43 Å². The molecule has 9 heteroatoms. The number of benzene rings is 1. The van der Waals surface area contributed by atoms with Crippen LogP contribution in [0.1, 0.15) is 17.3 Å². The summed E-state index contributed by atoms with van der Waals surface area (Å²) in [6.45, 7) is 3.41. The van der Waals surface area contributed by atoms with Crippen LogP contribution in [0.5, 0.6) is 0 Å². The van der Waals surface area contributed by atoms with E-state index in [2.05, 4.69) is 4.90 Å². The normalized spacial score (nSPS) is 18.7. The first-order chi connectivity index (χ1) is 11.7. The number of carboxylic acid groups (broad SMARTS) is 1. The number of piperazine rings is 1. The second-order valence-corrected chi connectivity index (χ2v) is 6.28. The fraction of sp³-hybridized carbons (Fsp3) is 0.375. The van der Waals surface area contributed by atoms with Crippen molar-refractivity contribution in [3.05, 3.63) is 39.7 Å². The van der Waals surface area contributed by atoms with E-state index >= 15 is 4.39 Å². The Kier molecular flexibility index (Phi) is 4.11. The minimum absolute atomic E-state index is 0.0951. The summed E-state index contributed by atoms with van der Waals surface area (Å²) in [6.07, 6.45) is 0.838. The number of hydrogen-bond donors (Lipinski definition) is 2. The maximum Gasteiger partial charge on any atom is 0.341 e. The van der Waals surface area contributed by atoms with E-state index in [1.165, 1.54) is 0 Å². The minimum atomic E-state index is -1.51. The van der Waals surface area contributed by atoms with Crippen LogP contribution in [-0.2, 0) is 0 Å². The largest absolute Gasteiger partial charge is 0.477 e. The van der Waals surface area contributed by atoms with Crippen molar-refractivity contribution < 1.29 is 18.7 Å². The first-order valence-electron chi connectivity index (χ1n) is 7.73. The van der Waals surface area contributed by atoms with Gasteiger partial charge in [-0.3, -0.25) is 9.47 Å². The molecule has 0 aliphatic carbocycles. The second-order valence-electron chi connectivity index (χ2n) is 6.28. The Labute approximate surface area is 141 Å². The van der Waals surface area contributed by atoms with E-state index < -0.39 is 34.0 Å². The van der Waals surface area contributed by atoms with Crippen LogP contribution in [0, 0.1) is 11.6 Å². The molecular weight excluding hydrogens is 334 g/mol. The zero-order valence-electron chi connectivity index (χ0n) is 13.8. The lowest BCUT2D eigenvalue weighted by atomic mass is 10.1. The van der Waals surface area contributed by atoms with Crippen molar-refractivity contribution in [2.75, 3.05) is 37.4 Å². The molecule has 1 aromatic carbocycles. The molecule has 1 saturated heterocycles. The molecule has 1 aliphatic rings. The molecule has 25 heavy (non-hydrogen) atoms. The zero-order chi connectivity index (χ0) is 18.5. The molecule has 0 radical (unpaired) electrons. The number of fused-ring (bicyclic) bond motifs is 1. The molecule has 1 atom stereocenters. The molecule has 3 rings (SSSR count). The Morgan fingerprint density at radius 1 is 1.36 bits per heavy atom. The summed E-state index contributed by atoms with van der Waals surface area (Å²) in [5, 5.41) is 8.63. The van der Waals surface area contributed by atoms with E-state index in [-0.39, 0.29) is 17.2 Å². The number of anilines is 1. The highest BCUT2D eigenvalue weighted by molar-refractivity contribution is 5.93. The average Bonchev–Trinajstić information content (AvgIpc) is 2.53. The molecule has 0 spiro atoms. The molecule has 1 fully saturated rings. The Bertz CT molecular complexity index is 928. The standard InChI is InChI=1S/C16H18F2N4O3/c1-8-6-21(4-3-20(8)2)14-11(17)5-9-13(12(14)18)22(19)7-10(15(9)23)16(24)25/h5,7-8H,3-4,6,19H2,1-2H3,(H,24,25). The third kappa shape index (κ3) is 2.70. The highest BCUT2D eigenvalue weighted by atomic mass is 19.1. The number of likely N-dealkylation sites (N-methyl/N-ethyl adjacent to an activating group) is 1. The summed E-state index contributed by atoms with van der Waals surface area (Å²) >= 11 is 0. The molecule has 0 saturated carbocycles. The lowest BCUT2D eigenvalue weighted by Crippen LogP contribution is -2.50. The van der Waals surface area contributed by atoms with Crippen LogP contribution < -0.4 is 16.2 Å². The van der Waals surface area contributed by atoms with Gasteiger partial charge < -0.3 is 20.7 Å². The fourth-order valence-corrected chi connectivity index (χ4v) is 3.13. The van der Waals surface area contributed by atoms with Crippen LogP contribution in [0.15, 0.2) is 17.1 Å². The van der Waals surface area contributed by atoms with Gasteiger partial charge in [-0.2, -0.15) is 0 Å². The monoisotopic (exact) mass is 352 g/mol. The molecule has 2 heterocycles. The second kappa shape index (κ2) is 5.99. The fourth-order valence-electron chi connectivity index (χ4n) is 3.13. The van der Waals surface area contributed by atoms with Gasteiger partial charge in [0.15, 0.2) is 5.82 Å². The topological polar surface area (TPSA) is 91.8 Å². The molecule has 1 aromatic heterocycles. The molecule has 1 unspecified atom stereocenters. The molecule has 2 aromatic rings. The maximum atomic E-state index is 15.0. The summed E-state index contributed by atoms with van der Waals surface area (Å²) in [4.78, 5) is 27.0. The van der Waals surface area contributed by atoms with Crippen molar-refractivity contribution in [1.82, 2.24) is 9.58 Å². The van der Waals surface area contributed by atoms with Crippen LogP contribution in [-0.4, -0.2) is 53.4 Å². The van der Waals surface area contributed by atoms with Crippen molar-refractivity contribution >= 4 is 22.6 Å². The van der Waals surface area contributed by atoms with E-state index in [9.17, 15) is 14.0 Å². The summed E-state index contributed by atoms with van der Waals surface area (Å²) < 4.78 is 30.4. The molecule has 0 bridgehead atoms. The number of nitrogens with two attached hydrogens (primary N) is 1. The van der Waals surface area contributed by atoms with Crippen molar-refractivity contribution in [2.24, 2.45) is 0 Å². The zero-order valence-corrected chi connectivity index (χ0v) is 13.8. The third-order valence-electron chi connectivity index (χ3n) is 4.69. The van der Waals surface area contributed by atoms with Crippen molar-refractivity contribution in [3.63, 3.8) is 0 Å². The number of pyridine rings is 1. The Morgan fingerprint density at radius 2 is 2.04 bits per heavy atom. The molecular formula is C16H18F2N4O3. The molecule has 1 aliphatic heterocycles. The van der Waals surface area contributed by atoms with E-state index in [4.69, 9.17) is 10.9 Å². The quantitative estimate of drug-likeness (QED) is 0.778. The third-order valence-corrected chi connectivity index (χ3v) is 4.69. The number of nitrogen functional groups attached to an aromatic ring is 1. The van der Waals surface area contributed by atoms with E-state index in [1.807, 2.05) is 14.0 Å². The lowest BCUT2D eigenvalue weighted by Gasteiger charge is -2.39. The van der Waals surface area contributed by atoms with Crippen LogP contribution in [0.2, 0.25) is 0 Å². The average molecular weight is 352 g/mol. The highest BCUT2D eigenvalue weighted by Crippen LogP contribution is 2.30. The van der Waals surface area contributed by atoms with Crippen molar-refractivity contribution in [3.8, 4) is 0 Å². The summed E-state index contributed by atoms with van der Waals surface area (Å²) in [6, 6.07) is 0.951. The lowest BCUT2D eigenvalue weighted by molar-refractivity contribution is 0.0695. The van der Waals surface area contributed by atoms with E-state index in [1.54, 1.807) is 4.90 Å². The summed E-state index contributed by atoms with van der Waals surface area (Å²) in [7, 11) is 1.93. The minimum Gasteiger partial charge on any atom is -0.477 e. The predicted molar refractivity (Wildman–Crippen MR) is 89.5 cm³/mol. The van der Waals surface area contributed by atoms with E-state index in [0.717, 1.165) is 16.9 Å². The van der Waals surface area contributed by atoms with Crippen LogP contribution >= 0.6 is 0 Å². The number of aromatic carboxylic acids is 1. The molecule has 7 nitrogen and oxygen atoms in total. The highest BCUT2D eigenvalue weighted by Gasteiger charge is 2.28. The summed E-state index contributed by atoms with van der Waals surface area (Å²) in [5.74, 6) is 2.29. The SMILES string of the molecule is CC1CN(c2c(F)cc3c(=O)c(C(=O)O)cn(N)c3c2F)CCN1C. The van der Waals surface area contributed by atoms with Crippen LogP contribution in [0.4, 0.5) is 14.5 Å². The smallest absolute Gasteiger partial charge is 0.341 e. The van der Waals surface area contributed by atoms with Crippen LogP contribution in [0.25, 0.3) is 10.9 Å². The first kappa shape index (κ1) is 17.2. The van der Waals surface area contributed by atoms with Crippen LogP contribution in [0.3, 0.4) is 0 Å². The molecule has 134 valence electrons. The van der Waals surface area contributed by atoms with Gasteiger partial charge in [-0.15, -0.1) is 0 Å². The van der Waals surface area contributed by atoms with Gasteiger partial charge in [0, 0.05) is 31.9 Å². The van der Waals surface area contributed by atoms with Gasteiger partial charge in [-0.05, 0) is 20.0 Å². The maximum absolute atomic E-state index is 15.0. The van der Waals surface area contributed by atoms with Crippen molar-refractivity contribution in [1.29, 1.82) is 0 Å². The predicted octanol–water partition coefficient (Wildman–Crippen LogP) is 0.832. The Hall–Kier alpha value is -2.68. The van der Waals surface area contributed by atoms with Crippen molar-refractivity contribution in [2.45, 2.75) is 13.0 Å². The van der Waals surface area contributed by atoms with Gasteiger partial charge in [0.05, 0.1) is 5.39 Å². The number of aromatic nitrogens is 1. The first-order valence-corrected chi connectivity index (χ1v) is 7.73. The number of halogens is 2. The molecule has 3 N–H and O–H groups in total. The number of carbonyl (C=O) groups is 1. The molecule has 0 amide bonds. The Morgan fingerprint density at radius 3 is 2.64 bits per heavy atom. The van der Waals surface area contributed by atoms with Gasteiger partial charge in [-0.25, -0.2) is 13.6 Å². The van der Waals surface area contributed by atoms with Gasteiger partial charge in [0.1, 0.15) is 22.6 Å². The Balaban J connectivity index is 2.23. The number of hydrogen-bond acceptors (Lipinski definition) is 5. The number of carboxylic acids is 1. The summed E-state index contributed by atoms with van der Waals surface area (Å²) in [5.41, 5.74) is -2.19. The number of rotatable bonds is 2.